The molecule has 0 saturated heterocycles. The van der Waals surface area contributed by atoms with Crippen molar-refractivity contribution in [3.05, 3.63) is 52.8 Å². The number of benzene rings is 1. The van der Waals surface area contributed by atoms with Crippen LogP contribution in [-0.4, -0.2) is 9.78 Å². The van der Waals surface area contributed by atoms with E-state index in [1.807, 2.05) is 16.8 Å². The summed E-state index contributed by atoms with van der Waals surface area (Å²) in [6.45, 7) is 5.14. The van der Waals surface area contributed by atoms with E-state index in [-0.39, 0.29) is 0 Å². The van der Waals surface area contributed by atoms with Crippen LogP contribution in [0.1, 0.15) is 37.4 Å². The van der Waals surface area contributed by atoms with Gasteiger partial charge in [-0.1, -0.05) is 55.8 Å². The molecule has 0 amide bonds. The molecule has 1 aromatic carbocycles. The first-order valence-electron chi connectivity index (χ1n) is 6.44. The highest BCUT2D eigenvalue weighted by molar-refractivity contribution is 6.29. The predicted molar refractivity (Wildman–Crippen MR) is 76.1 cm³/mol. The molecule has 2 rings (SSSR count). The van der Waals surface area contributed by atoms with E-state index in [1.54, 1.807) is 0 Å². The first kappa shape index (κ1) is 13.2. The molecule has 0 saturated carbocycles. The summed E-state index contributed by atoms with van der Waals surface area (Å²) in [7, 11) is 0. The van der Waals surface area contributed by atoms with E-state index in [1.165, 1.54) is 5.56 Å². The summed E-state index contributed by atoms with van der Waals surface area (Å²) < 4.78 is 1.90. The molecule has 96 valence electrons. The molecule has 0 spiro atoms. The maximum atomic E-state index is 6.17. The highest BCUT2D eigenvalue weighted by atomic mass is 35.5. The number of hydrogen-bond donors (Lipinski definition) is 0. The van der Waals surface area contributed by atoms with Crippen LogP contribution in [0.4, 0.5) is 0 Å². The number of nitrogens with zero attached hydrogens (tertiary/aromatic N) is 2. The largest absolute Gasteiger partial charge is 0.254 e. The van der Waals surface area contributed by atoms with Crippen molar-refractivity contribution in [1.29, 1.82) is 0 Å². The summed E-state index contributed by atoms with van der Waals surface area (Å²) in [6, 6.07) is 12.5. The Hall–Kier alpha value is -1.28. The Bertz CT molecular complexity index is 488. The second-order valence-electron chi connectivity index (χ2n) is 4.86. The quantitative estimate of drug-likeness (QED) is 0.786. The lowest BCUT2D eigenvalue weighted by Crippen LogP contribution is -2.03. The third kappa shape index (κ3) is 3.36. The van der Waals surface area contributed by atoms with Crippen molar-refractivity contribution in [2.45, 2.75) is 39.2 Å². The van der Waals surface area contributed by atoms with Gasteiger partial charge in [-0.05, 0) is 30.4 Å². The Balaban J connectivity index is 1.90. The zero-order chi connectivity index (χ0) is 13.0. The topological polar surface area (TPSA) is 17.8 Å². The molecule has 0 aliphatic carbocycles. The molecular formula is C15H19ClN2. The maximum absolute atomic E-state index is 6.17. The average molecular weight is 263 g/mol. The molecule has 1 aromatic heterocycles. The van der Waals surface area contributed by atoms with Crippen molar-refractivity contribution in [2.24, 2.45) is 0 Å². The summed E-state index contributed by atoms with van der Waals surface area (Å²) in [5, 5.41) is 5.27. The van der Waals surface area contributed by atoms with E-state index in [9.17, 15) is 0 Å². The fourth-order valence-corrected chi connectivity index (χ4v) is 2.16. The first-order valence-corrected chi connectivity index (χ1v) is 6.82. The van der Waals surface area contributed by atoms with Crippen molar-refractivity contribution in [3.63, 3.8) is 0 Å². The van der Waals surface area contributed by atoms with Gasteiger partial charge in [0.05, 0.1) is 5.69 Å². The maximum Gasteiger partial charge on any atom is 0.127 e. The molecule has 2 nitrogen and oxygen atoms in total. The van der Waals surface area contributed by atoms with Gasteiger partial charge < -0.3 is 0 Å². The van der Waals surface area contributed by atoms with Gasteiger partial charge in [0, 0.05) is 6.54 Å². The summed E-state index contributed by atoms with van der Waals surface area (Å²) in [6.07, 6.45) is 2.12. The van der Waals surface area contributed by atoms with Crippen molar-refractivity contribution in [1.82, 2.24) is 9.78 Å². The van der Waals surface area contributed by atoms with Crippen LogP contribution in [0.5, 0.6) is 0 Å². The molecule has 2 aromatic rings. The van der Waals surface area contributed by atoms with Gasteiger partial charge >= 0.3 is 0 Å². The average Bonchev–Trinajstić information content (AvgIpc) is 2.73. The third-order valence-corrected chi connectivity index (χ3v) is 3.32. The molecule has 1 heterocycles. The van der Waals surface area contributed by atoms with Crippen LogP contribution < -0.4 is 0 Å². The van der Waals surface area contributed by atoms with Crippen LogP contribution in [0, 0.1) is 0 Å². The number of aryl methyl sites for hydroxylation is 2. The van der Waals surface area contributed by atoms with Gasteiger partial charge in [0.1, 0.15) is 5.15 Å². The molecule has 0 atom stereocenters. The van der Waals surface area contributed by atoms with Crippen molar-refractivity contribution in [3.8, 4) is 0 Å². The molecule has 0 bridgehead atoms. The minimum atomic E-state index is 0.429. The van der Waals surface area contributed by atoms with Crippen LogP contribution in [0.25, 0.3) is 0 Å². The van der Waals surface area contributed by atoms with Crippen LogP contribution in [0.2, 0.25) is 5.15 Å². The molecule has 18 heavy (non-hydrogen) atoms. The lowest BCUT2D eigenvalue weighted by atomic mass is 10.1. The van der Waals surface area contributed by atoms with Gasteiger partial charge in [0.2, 0.25) is 0 Å². The van der Waals surface area contributed by atoms with E-state index in [0.29, 0.717) is 5.92 Å². The minimum Gasteiger partial charge on any atom is -0.254 e. The molecule has 0 radical (unpaired) electrons. The Morgan fingerprint density at radius 3 is 2.56 bits per heavy atom. The normalized spacial score (nSPS) is 11.1. The van der Waals surface area contributed by atoms with E-state index in [2.05, 4.69) is 43.2 Å². The fraction of sp³-hybridized carbons (Fsp3) is 0.400. The lowest BCUT2D eigenvalue weighted by molar-refractivity contribution is 0.568. The van der Waals surface area contributed by atoms with Crippen LogP contribution in [0.15, 0.2) is 36.4 Å². The van der Waals surface area contributed by atoms with Gasteiger partial charge in [0.25, 0.3) is 0 Å². The van der Waals surface area contributed by atoms with E-state index in [4.69, 9.17) is 11.6 Å². The first-order chi connectivity index (χ1) is 8.66. The highest BCUT2D eigenvalue weighted by Crippen LogP contribution is 2.18. The smallest absolute Gasteiger partial charge is 0.127 e. The standard InChI is InChI=1S/C15H19ClN2/c1-12(2)14-11-15(16)18(17-14)10-6-9-13-7-4-3-5-8-13/h3-5,7-8,11-12H,6,9-10H2,1-2H3. The van der Waals surface area contributed by atoms with Crippen molar-refractivity contribution < 1.29 is 0 Å². The second kappa shape index (κ2) is 6.05. The molecule has 0 fully saturated rings. The summed E-state index contributed by atoms with van der Waals surface area (Å²) >= 11 is 6.17. The summed E-state index contributed by atoms with van der Waals surface area (Å²) in [5.74, 6) is 0.429. The lowest BCUT2D eigenvalue weighted by Gasteiger charge is -2.04. The van der Waals surface area contributed by atoms with Gasteiger partial charge in [-0.25, -0.2) is 0 Å². The zero-order valence-corrected chi connectivity index (χ0v) is 11.7. The van der Waals surface area contributed by atoms with Gasteiger partial charge in [-0.2, -0.15) is 5.10 Å². The molecule has 0 aliphatic rings. The van der Waals surface area contributed by atoms with Gasteiger partial charge in [-0.3, -0.25) is 4.68 Å². The van der Waals surface area contributed by atoms with Crippen LogP contribution in [0.3, 0.4) is 0 Å². The fourth-order valence-electron chi connectivity index (χ4n) is 1.93. The Morgan fingerprint density at radius 2 is 1.94 bits per heavy atom. The number of aromatic nitrogens is 2. The van der Waals surface area contributed by atoms with Crippen LogP contribution >= 0.6 is 11.6 Å². The van der Waals surface area contributed by atoms with E-state index < -0.39 is 0 Å². The SMILES string of the molecule is CC(C)c1cc(Cl)n(CCCc2ccccc2)n1. The minimum absolute atomic E-state index is 0.429. The Morgan fingerprint density at radius 1 is 1.22 bits per heavy atom. The number of hydrogen-bond acceptors (Lipinski definition) is 1. The molecule has 3 heteroatoms. The van der Waals surface area contributed by atoms with E-state index in [0.717, 1.165) is 30.2 Å². The Kier molecular flexibility index (Phi) is 4.43. The molecule has 0 aliphatic heterocycles. The molecule has 0 N–H and O–H groups in total. The third-order valence-electron chi connectivity index (χ3n) is 3.02. The van der Waals surface area contributed by atoms with E-state index >= 15 is 0 Å². The highest BCUT2D eigenvalue weighted by Gasteiger charge is 2.08. The summed E-state index contributed by atoms with van der Waals surface area (Å²) in [5.41, 5.74) is 2.43. The molecular weight excluding hydrogens is 244 g/mol. The number of halogens is 1. The van der Waals surface area contributed by atoms with Gasteiger partial charge in [-0.15, -0.1) is 0 Å². The predicted octanol–water partition coefficient (Wildman–Crippen LogP) is 4.29. The van der Waals surface area contributed by atoms with Crippen molar-refractivity contribution in [2.75, 3.05) is 0 Å². The second-order valence-corrected chi connectivity index (χ2v) is 5.25. The molecule has 0 unspecified atom stereocenters. The van der Waals surface area contributed by atoms with Crippen LogP contribution in [-0.2, 0) is 13.0 Å². The Labute approximate surface area is 114 Å². The monoisotopic (exact) mass is 262 g/mol. The van der Waals surface area contributed by atoms with Gasteiger partial charge in [0.15, 0.2) is 0 Å². The van der Waals surface area contributed by atoms with Crippen molar-refractivity contribution >= 4 is 11.6 Å². The zero-order valence-electron chi connectivity index (χ0n) is 10.9. The number of rotatable bonds is 5. The summed E-state index contributed by atoms with van der Waals surface area (Å²) in [4.78, 5) is 0.